The van der Waals surface area contributed by atoms with E-state index >= 15 is 0 Å². The molecule has 1 aromatic rings. The average Bonchev–Trinajstić information content (AvgIpc) is 2.64. The number of carboxylic acid groups (broad SMARTS) is 1. The molecule has 1 unspecified atom stereocenters. The molecule has 0 amide bonds. The van der Waals surface area contributed by atoms with Crippen LogP contribution >= 0.6 is 0 Å². The van der Waals surface area contributed by atoms with E-state index in [0.717, 1.165) is 18.8 Å². The molecule has 0 aliphatic carbocycles. The van der Waals surface area contributed by atoms with Crippen molar-refractivity contribution >= 4 is 5.97 Å². The van der Waals surface area contributed by atoms with Crippen LogP contribution in [0.2, 0.25) is 0 Å². The summed E-state index contributed by atoms with van der Waals surface area (Å²) >= 11 is 0. The standard InChI is InChI=1S/C11H19N3O2/c1-4-14(5-2)9(6-11(15)16)10-7-12-8-13(10)3/h7-9H,4-6H2,1-3H3,(H,15,16). The maximum Gasteiger partial charge on any atom is 0.305 e. The SMILES string of the molecule is CCN(CC)C(CC(=O)O)c1cncn1C. The van der Waals surface area contributed by atoms with Gasteiger partial charge in [0.2, 0.25) is 0 Å². The highest BCUT2D eigenvalue weighted by atomic mass is 16.4. The zero-order valence-electron chi connectivity index (χ0n) is 10.1. The highest BCUT2D eigenvalue weighted by Crippen LogP contribution is 2.23. The summed E-state index contributed by atoms with van der Waals surface area (Å²) in [7, 11) is 1.89. The molecule has 0 saturated heterocycles. The molecule has 0 aromatic carbocycles. The van der Waals surface area contributed by atoms with Crippen molar-refractivity contribution in [2.75, 3.05) is 13.1 Å². The van der Waals surface area contributed by atoms with Crippen LogP contribution in [-0.4, -0.2) is 38.6 Å². The van der Waals surface area contributed by atoms with Gasteiger partial charge in [-0.2, -0.15) is 0 Å². The van der Waals surface area contributed by atoms with Gasteiger partial charge in [-0.3, -0.25) is 9.69 Å². The van der Waals surface area contributed by atoms with Crippen molar-refractivity contribution in [3.8, 4) is 0 Å². The second-order valence-electron chi connectivity index (χ2n) is 3.76. The second kappa shape index (κ2) is 5.65. The van der Waals surface area contributed by atoms with Crippen LogP contribution in [0.5, 0.6) is 0 Å². The first kappa shape index (κ1) is 12.7. The molecule has 0 fully saturated rings. The Morgan fingerprint density at radius 1 is 1.56 bits per heavy atom. The van der Waals surface area contributed by atoms with E-state index in [1.165, 1.54) is 0 Å². The molecule has 16 heavy (non-hydrogen) atoms. The third kappa shape index (κ3) is 2.82. The van der Waals surface area contributed by atoms with Crippen LogP contribution in [0.4, 0.5) is 0 Å². The normalized spacial score (nSPS) is 13.0. The maximum absolute atomic E-state index is 10.9. The van der Waals surface area contributed by atoms with Gasteiger partial charge in [-0.15, -0.1) is 0 Å². The van der Waals surface area contributed by atoms with Gasteiger partial charge in [0.05, 0.1) is 24.5 Å². The Morgan fingerprint density at radius 3 is 2.56 bits per heavy atom. The van der Waals surface area contributed by atoms with E-state index in [2.05, 4.69) is 9.88 Å². The molecule has 5 heteroatoms. The molecule has 0 saturated carbocycles. The summed E-state index contributed by atoms with van der Waals surface area (Å²) < 4.78 is 1.88. The molecule has 1 aromatic heterocycles. The maximum atomic E-state index is 10.9. The van der Waals surface area contributed by atoms with Crippen LogP contribution in [0.25, 0.3) is 0 Å². The van der Waals surface area contributed by atoms with Gasteiger partial charge in [0, 0.05) is 13.2 Å². The van der Waals surface area contributed by atoms with Gasteiger partial charge < -0.3 is 9.67 Å². The number of hydrogen-bond donors (Lipinski definition) is 1. The van der Waals surface area contributed by atoms with Gasteiger partial charge in [0.15, 0.2) is 0 Å². The summed E-state index contributed by atoms with van der Waals surface area (Å²) in [5, 5.41) is 8.96. The van der Waals surface area contributed by atoms with E-state index in [1.807, 2.05) is 25.5 Å². The molecule has 1 heterocycles. The van der Waals surface area contributed by atoms with E-state index in [0.29, 0.717) is 0 Å². The Labute approximate surface area is 95.7 Å². The fraction of sp³-hybridized carbons (Fsp3) is 0.636. The van der Waals surface area contributed by atoms with Crippen molar-refractivity contribution < 1.29 is 9.90 Å². The van der Waals surface area contributed by atoms with Crippen LogP contribution in [0.1, 0.15) is 32.0 Å². The fourth-order valence-corrected chi connectivity index (χ4v) is 1.94. The van der Waals surface area contributed by atoms with E-state index in [1.54, 1.807) is 12.5 Å². The van der Waals surface area contributed by atoms with Gasteiger partial charge in [-0.25, -0.2) is 4.98 Å². The number of carbonyl (C=O) groups is 1. The number of aryl methyl sites for hydroxylation is 1. The Bertz CT molecular complexity index is 345. The number of aliphatic carboxylic acids is 1. The number of nitrogens with zero attached hydrogens (tertiary/aromatic N) is 3. The molecule has 0 spiro atoms. The molecular formula is C11H19N3O2. The number of hydrogen-bond acceptors (Lipinski definition) is 3. The van der Waals surface area contributed by atoms with Crippen molar-refractivity contribution in [3.05, 3.63) is 18.2 Å². The van der Waals surface area contributed by atoms with Crippen LogP contribution in [0.15, 0.2) is 12.5 Å². The molecule has 5 nitrogen and oxygen atoms in total. The van der Waals surface area contributed by atoms with Crippen molar-refractivity contribution in [2.24, 2.45) is 7.05 Å². The Balaban J connectivity index is 2.95. The summed E-state index contributed by atoms with van der Waals surface area (Å²) in [6, 6.07) is -0.0972. The van der Waals surface area contributed by atoms with Crippen LogP contribution in [0, 0.1) is 0 Å². The average molecular weight is 225 g/mol. The first-order valence-electron chi connectivity index (χ1n) is 5.52. The minimum absolute atomic E-state index is 0.0972. The third-order valence-electron chi connectivity index (χ3n) is 2.82. The van der Waals surface area contributed by atoms with Gasteiger partial charge in [0.1, 0.15) is 0 Å². The first-order valence-corrected chi connectivity index (χ1v) is 5.52. The summed E-state index contributed by atoms with van der Waals surface area (Å²) in [5.41, 5.74) is 0.950. The lowest BCUT2D eigenvalue weighted by Gasteiger charge is -2.28. The second-order valence-corrected chi connectivity index (χ2v) is 3.76. The molecule has 0 aliphatic heterocycles. The largest absolute Gasteiger partial charge is 0.481 e. The lowest BCUT2D eigenvalue weighted by Crippen LogP contribution is -2.31. The molecule has 1 rings (SSSR count). The molecule has 0 radical (unpaired) electrons. The van der Waals surface area contributed by atoms with E-state index < -0.39 is 5.97 Å². The highest BCUT2D eigenvalue weighted by molar-refractivity contribution is 5.67. The zero-order valence-corrected chi connectivity index (χ0v) is 10.1. The fourth-order valence-electron chi connectivity index (χ4n) is 1.94. The number of aromatic nitrogens is 2. The van der Waals surface area contributed by atoms with Crippen molar-refractivity contribution in [3.63, 3.8) is 0 Å². The Morgan fingerprint density at radius 2 is 2.19 bits per heavy atom. The molecule has 0 aliphatic rings. The molecule has 1 atom stereocenters. The summed E-state index contributed by atoms with van der Waals surface area (Å²) in [4.78, 5) is 17.1. The van der Waals surface area contributed by atoms with Crippen LogP contribution in [-0.2, 0) is 11.8 Å². The van der Waals surface area contributed by atoms with Crippen LogP contribution in [0.3, 0.4) is 0 Å². The molecule has 1 N–H and O–H groups in total. The predicted molar refractivity (Wildman–Crippen MR) is 61.1 cm³/mol. The number of rotatable bonds is 6. The monoisotopic (exact) mass is 225 g/mol. The quantitative estimate of drug-likeness (QED) is 0.792. The van der Waals surface area contributed by atoms with Crippen molar-refractivity contribution in [1.82, 2.24) is 14.5 Å². The zero-order chi connectivity index (χ0) is 12.1. The summed E-state index contributed by atoms with van der Waals surface area (Å²) in [5.74, 6) is -0.780. The number of carboxylic acids is 1. The Kier molecular flexibility index (Phi) is 4.49. The third-order valence-corrected chi connectivity index (χ3v) is 2.82. The minimum atomic E-state index is -0.780. The topological polar surface area (TPSA) is 58.4 Å². The lowest BCUT2D eigenvalue weighted by atomic mass is 10.1. The lowest BCUT2D eigenvalue weighted by molar-refractivity contribution is -0.138. The van der Waals surface area contributed by atoms with E-state index in [9.17, 15) is 4.79 Å². The van der Waals surface area contributed by atoms with Crippen molar-refractivity contribution in [2.45, 2.75) is 26.3 Å². The highest BCUT2D eigenvalue weighted by Gasteiger charge is 2.23. The smallest absolute Gasteiger partial charge is 0.305 e. The minimum Gasteiger partial charge on any atom is -0.481 e. The molecular weight excluding hydrogens is 206 g/mol. The predicted octanol–water partition coefficient (Wildman–Crippen LogP) is 1.28. The van der Waals surface area contributed by atoms with Gasteiger partial charge in [0.25, 0.3) is 0 Å². The van der Waals surface area contributed by atoms with Gasteiger partial charge in [-0.05, 0) is 13.1 Å². The van der Waals surface area contributed by atoms with Gasteiger partial charge >= 0.3 is 5.97 Å². The van der Waals surface area contributed by atoms with Crippen LogP contribution < -0.4 is 0 Å². The van der Waals surface area contributed by atoms with E-state index in [4.69, 9.17) is 5.11 Å². The van der Waals surface area contributed by atoms with Crippen molar-refractivity contribution in [1.29, 1.82) is 0 Å². The molecule has 0 bridgehead atoms. The van der Waals surface area contributed by atoms with E-state index in [-0.39, 0.29) is 12.5 Å². The first-order chi connectivity index (χ1) is 7.60. The number of imidazole rings is 1. The molecule has 90 valence electrons. The summed E-state index contributed by atoms with van der Waals surface area (Å²) in [6.07, 6.45) is 3.56. The summed E-state index contributed by atoms with van der Waals surface area (Å²) in [6.45, 7) is 5.74. The van der Waals surface area contributed by atoms with Gasteiger partial charge in [-0.1, -0.05) is 13.8 Å². The Hall–Kier alpha value is -1.36.